The molecule has 0 radical (unpaired) electrons. The first-order valence-electron chi connectivity index (χ1n) is 7.13. The van der Waals surface area contributed by atoms with E-state index in [-0.39, 0.29) is 17.9 Å². The van der Waals surface area contributed by atoms with Crippen molar-refractivity contribution >= 4 is 9.84 Å². The summed E-state index contributed by atoms with van der Waals surface area (Å²) >= 11 is 0. The molecule has 5 nitrogen and oxygen atoms in total. The Hall–Kier alpha value is -0.170. The maximum Gasteiger partial charge on any atom is 0.147 e. The highest BCUT2D eigenvalue weighted by Gasteiger charge is 2.26. The van der Waals surface area contributed by atoms with Crippen LogP contribution in [0.25, 0.3) is 0 Å². The Balaban J connectivity index is 2.45. The average molecular weight is 292 g/mol. The Kier molecular flexibility index (Phi) is 7.28. The molecule has 1 saturated heterocycles. The molecule has 0 saturated carbocycles. The van der Waals surface area contributed by atoms with E-state index in [1.165, 1.54) is 6.26 Å². The molecule has 0 spiro atoms. The molecule has 114 valence electrons. The minimum atomic E-state index is -2.86. The molecular formula is C13H28N2O3S. The van der Waals surface area contributed by atoms with Crippen LogP contribution < -0.4 is 5.32 Å². The highest BCUT2D eigenvalue weighted by atomic mass is 32.2. The maximum atomic E-state index is 11.2. The number of nitrogens with zero attached hydrogens (tertiary/aromatic N) is 1. The van der Waals surface area contributed by atoms with Gasteiger partial charge in [0.2, 0.25) is 0 Å². The molecule has 19 heavy (non-hydrogen) atoms. The van der Waals surface area contributed by atoms with Gasteiger partial charge in [0.25, 0.3) is 0 Å². The van der Waals surface area contributed by atoms with Gasteiger partial charge in [-0.05, 0) is 32.9 Å². The van der Waals surface area contributed by atoms with Gasteiger partial charge in [-0.3, -0.25) is 0 Å². The van der Waals surface area contributed by atoms with Gasteiger partial charge in [0, 0.05) is 31.1 Å². The summed E-state index contributed by atoms with van der Waals surface area (Å²) in [7, 11) is -0.761. The molecule has 0 aromatic heterocycles. The second-order valence-corrected chi connectivity index (χ2v) is 7.76. The predicted molar refractivity (Wildman–Crippen MR) is 78.3 cm³/mol. The summed E-state index contributed by atoms with van der Waals surface area (Å²) in [6, 6.07) is 0.254. The van der Waals surface area contributed by atoms with Crippen LogP contribution in [0.15, 0.2) is 0 Å². The molecule has 2 atom stereocenters. The Morgan fingerprint density at radius 2 is 2.21 bits per heavy atom. The molecule has 1 aliphatic heterocycles. The van der Waals surface area contributed by atoms with E-state index in [9.17, 15) is 8.42 Å². The number of hydrogen-bond acceptors (Lipinski definition) is 5. The summed E-state index contributed by atoms with van der Waals surface area (Å²) in [4.78, 5) is 2.27. The summed E-state index contributed by atoms with van der Waals surface area (Å²) in [5.41, 5.74) is 0. The van der Waals surface area contributed by atoms with Crippen molar-refractivity contribution in [2.24, 2.45) is 0 Å². The second kappa shape index (κ2) is 8.19. The van der Waals surface area contributed by atoms with Gasteiger partial charge in [-0.25, -0.2) is 8.42 Å². The first-order chi connectivity index (χ1) is 8.92. The molecule has 1 heterocycles. The molecule has 0 amide bonds. The topological polar surface area (TPSA) is 58.6 Å². The molecule has 1 aliphatic rings. The average Bonchev–Trinajstić information content (AvgIpc) is 2.32. The van der Waals surface area contributed by atoms with Crippen LogP contribution in [0.2, 0.25) is 0 Å². The minimum Gasteiger partial charge on any atom is -0.374 e. The van der Waals surface area contributed by atoms with Crippen LogP contribution in [0.1, 0.15) is 26.2 Å². The van der Waals surface area contributed by atoms with E-state index in [0.717, 1.165) is 39.1 Å². The van der Waals surface area contributed by atoms with Gasteiger partial charge >= 0.3 is 0 Å². The van der Waals surface area contributed by atoms with Crippen LogP contribution in [0.5, 0.6) is 0 Å². The summed E-state index contributed by atoms with van der Waals surface area (Å²) in [5.74, 6) is 0.264. The smallest absolute Gasteiger partial charge is 0.147 e. The molecule has 0 aliphatic carbocycles. The largest absolute Gasteiger partial charge is 0.374 e. The number of sulfone groups is 1. The van der Waals surface area contributed by atoms with Gasteiger partial charge in [-0.1, -0.05) is 6.92 Å². The summed E-state index contributed by atoms with van der Waals surface area (Å²) in [6.07, 6.45) is 4.09. The number of ether oxygens (including phenoxy) is 1. The van der Waals surface area contributed by atoms with Gasteiger partial charge in [0.05, 0.1) is 12.7 Å². The van der Waals surface area contributed by atoms with Crippen LogP contribution in [-0.2, 0) is 14.6 Å². The van der Waals surface area contributed by atoms with Crippen molar-refractivity contribution in [2.75, 3.05) is 45.3 Å². The van der Waals surface area contributed by atoms with Crippen molar-refractivity contribution in [2.45, 2.75) is 38.3 Å². The molecule has 0 aromatic rings. The minimum absolute atomic E-state index is 0.171. The van der Waals surface area contributed by atoms with E-state index in [1.54, 1.807) is 0 Å². The van der Waals surface area contributed by atoms with Gasteiger partial charge in [0.1, 0.15) is 9.84 Å². The molecule has 0 bridgehead atoms. The van der Waals surface area contributed by atoms with Crippen LogP contribution in [-0.4, -0.2) is 70.8 Å². The van der Waals surface area contributed by atoms with E-state index >= 15 is 0 Å². The van der Waals surface area contributed by atoms with Crippen molar-refractivity contribution < 1.29 is 13.2 Å². The third kappa shape index (κ3) is 7.25. The molecule has 1 rings (SSSR count). The fourth-order valence-electron chi connectivity index (χ4n) is 2.37. The van der Waals surface area contributed by atoms with E-state index in [1.807, 2.05) is 0 Å². The van der Waals surface area contributed by atoms with Gasteiger partial charge in [0.15, 0.2) is 0 Å². The van der Waals surface area contributed by atoms with Crippen molar-refractivity contribution in [3.8, 4) is 0 Å². The fraction of sp³-hybridized carbons (Fsp3) is 1.00. The zero-order chi connectivity index (χ0) is 14.3. The van der Waals surface area contributed by atoms with E-state index in [0.29, 0.717) is 6.42 Å². The summed E-state index contributed by atoms with van der Waals surface area (Å²) < 4.78 is 28.2. The number of morpholine rings is 1. The summed E-state index contributed by atoms with van der Waals surface area (Å²) in [5, 5.41) is 3.50. The Morgan fingerprint density at radius 1 is 1.47 bits per heavy atom. The molecule has 1 fully saturated rings. The lowest BCUT2D eigenvalue weighted by atomic mass is 10.0. The zero-order valence-corrected chi connectivity index (χ0v) is 13.2. The van der Waals surface area contributed by atoms with Crippen LogP contribution >= 0.6 is 0 Å². The van der Waals surface area contributed by atoms with E-state index in [4.69, 9.17) is 4.74 Å². The van der Waals surface area contributed by atoms with E-state index < -0.39 is 9.84 Å². The number of nitrogens with one attached hydrogen (secondary N) is 1. The molecule has 2 unspecified atom stereocenters. The number of likely N-dealkylation sites (N-methyl/N-ethyl adjacent to an activating group) is 1. The lowest BCUT2D eigenvalue weighted by molar-refractivity contribution is -0.0399. The van der Waals surface area contributed by atoms with Crippen LogP contribution in [0.3, 0.4) is 0 Å². The first-order valence-corrected chi connectivity index (χ1v) is 9.19. The Labute approximate surface area is 117 Å². The van der Waals surface area contributed by atoms with Gasteiger partial charge in [-0.2, -0.15) is 0 Å². The van der Waals surface area contributed by atoms with Crippen molar-refractivity contribution in [3.05, 3.63) is 0 Å². The van der Waals surface area contributed by atoms with Crippen LogP contribution in [0.4, 0.5) is 0 Å². The normalized spacial score (nSPS) is 23.4. The number of rotatable bonds is 8. The first kappa shape index (κ1) is 16.9. The third-order valence-electron chi connectivity index (χ3n) is 3.43. The highest BCUT2D eigenvalue weighted by Crippen LogP contribution is 2.12. The molecular weight excluding hydrogens is 264 g/mol. The standard InChI is InChI=1S/C13H28N2O3S/c1-4-7-14-12(6-5-10-19(3,16)17)13-11-15(2)8-9-18-13/h12-14H,4-11H2,1-3H3. The van der Waals surface area contributed by atoms with Gasteiger partial charge in [-0.15, -0.1) is 0 Å². The molecule has 0 aromatic carbocycles. The maximum absolute atomic E-state index is 11.2. The monoisotopic (exact) mass is 292 g/mol. The lowest BCUT2D eigenvalue weighted by Gasteiger charge is -2.35. The van der Waals surface area contributed by atoms with E-state index in [2.05, 4.69) is 24.2 Å². The van der Waals surface area contributed by atoms with Crippen molar-refractivity contribution in [3.63, 3.8) is 0 Å². The molecule has 1 N–H and O–H groups in total. The SMILES string of the molecule is CCCNC(CCCS(C)(=O)=O)C1CN(C)CCO1. The molecule has 6 heteroatoms. The van der Waals surface area contributed by atoms with Crippen molar-refractivity contribution in [1.29, 1.82) is 0 Å². The predicted octanol–water partition coefficient (Wildman–Crippen LogP) is 0.510. The van der Waals surface area contributed by atoms with Crippen LogP contribution in [0, 0.1) is 0 Å². The highest BCUT2D eigenvalue weighted by molar-refractivity contribution is 7.90. The Morgan fingerprint density at radius 3 is 2.79 bits per heavy atom. The number of hydrogen-bond donors (Lipinski definition) is 1. The lowest BCUT2D eigenvalue weighted by Crippen LogP contribution is -2.51. The Bertz CT molecular complexity index is 346. The second-order valence-electron chi connectivity index (χ2n) is 5.50. The quantitative estimate of drug-likeness (QED) is 0.706. The third-order valence-corrected chi connectivity index (χ3v) is 4.46. The van der Waals surface area contributed by atoms with Crippen molar-refractivity contribution in [1.82, 2.24) is 10.2 Å². The zero-order valence-electron chi connectivity index (χ0n) is 12.4. The summed E-state index contributed by atoms with van der Waals surface area (Å²) in [6.45, 7) is 5.74. The van der Waals surface area contributed by atoms with Gasteiger partial charge < -0.3 is 15.0 Å². The fourth-order valence-corrected chi connectivity index (χ4v) is 3.06.